The molecule has 0 saturated carbocycles. The van der Waals surface area contributed by atoms with Crippen molar-refractivity contribution in [3.8, 4) is 0 Å². The number of aryl methyl sites for hydroxylation is 1. The van der Waals surface area contributed by atoms with E-state index >= 15 is 0 Å². The monoisotopic (exact) mass is 390 g/mol. The molecule has 2 aromatic heterocycles. The van der Waals surface area contributed by atoms with Gasteiger partial charge in [-0.3, -0.25) is 23.5 Å². The summed E-state index contributed by atoms with van der Waals surface area (Å²) in [5.74, 6) is 0.840. The molecule has 0 bridgehead atoms. The Kier molecular flexibility index (Phi) is 5.09. The fourth-order valence-corrected chi connectivity index (χ4v) is 3.52. The van der Waals surface area contributed by atoms with E-state index in [4.69, 9.17) is 5.73 Å². The number of carbonyl (C=O) groups excluding carboxylic acids is 1. The maximum Gasteiger partial charge on any atom is 0.262 e. The minimum Gasteiger partial charge on any atom is -0.370 e. The van der Waals surface area contributed by atoms with Crippen LogP contribution in [0.2, 0.25) is 0 Å². The summed E-state index contributed by atoms with van der Waals surface area (Å²) in [6.07, 6.45) is 0.253. The Hall–Kier alpha value is -3.52. The molecule has 0 fully saturated rings. The van der Waals surface area contributed by atoms with Crippen LogP contribution in [0.4, 0.5) is 0 Å². The molecule has 0 radical (unpaired) electrons. The summed E-state index contributed by atoms with van der Waals surface area (Å²) >= 11 is 0. The summed E-state index contributed by atoms with van der Waals surface area (Å²) in [4.78, 5) is 26.1. The van der Waals surface area contributed by atoms with Gasteiger partial charge in [0, 0.05) is 26.6 Å². The van der Waals surface area contributed by atoms with E-state index in [1.807, 2.05) is 52.9 Å². The van der Waals surface area contributed by atoms with Gasteiger partial charge < -0.3 is 5.73 Å². The zero-order chi connectivity index (χ0) is 20.4. The first-order valence-corrected chi connectivity index (χ1v) is 9.41. The first-order chi connectivity index (χ1) is 14.0. The van der Waals surface area contributed by atoms with Crippen LogP contribution in [0.15, 0.2) is 59.4 Å². The first-order valence-electron chi connectivity index (χ1n) is 9.41. The van der Waals surface area contributed by atoms with Crippen molar-refractivity contribution < 1.29 is 4.79 Å². The van der Waals surface area contributed by atoms with Crippen LogP contribution in [0.5, 0.6) is 0 Å². The van der Waals surface area contributed by atoms with Gasteiger partial charge in [0.25, 0.3) is 5.56 Å². The number of carbonyl (C=O) groups is 1. The lowest BCUT2D eigenvalue weighted by molar-refractivity contribution is -0.118. The SMILES string of the molecule is Cn1c(=O)c2ccccc2n2c(CN(CCC(N)=O)Cc3ccccc3)nnc12. The predicted octanol–water partition coefficient (Wildman–Crippen LogP) is 1.46. The average molecular weight is 390 g/mol. The van der Waals surface area contributed by atoms with Gasteiger partial charge in [0.1, 0.15) is 0 Å². The maximum absolute atomic E-state index is 12.6. The normalized spacial score (nSPS) is 11.5. The minimum absolute atomic E-state index is 0.109. The fourth-order valence-electron chi connectivity index (χ4n) is 3.52. The first kappa shape index (κ1) is 18.8. The number of para-hydroxylation sites is 1. The predicted molar refractivity (Wildman–Crippen MR) is 110 cm³/mol. The molecule has 148 valence electrons. The van der Waals surface area contributed by atoms with Crippen molar-refractivity contribution in [3.63, 3.8) is 0 Å². The quantitative estimate of drug-likeness (QED) is 0.515. The van der Waals surface area contributed by atoms with E-state index in [0.29, 0.717) is 36.6 Å². The van der Waals surface area contributed by atoms with Crippen LogP contribution in [0.3, 0.4) is 0 Å². The molecule has 4 aromatic rings. The Morgan fingerprint density at radius 3 is 2.52 bits per heavy atom. The lowest BCUT2D eigenvalue weighted by atomic mass is 10.2. The molecule has 0 atom stereocenters. The van der Waals surface area contributed by atoms with Crippen molar-refractivity contribution >= 4 is 22.6 Å². The number of hydrogen-bond donors (Lipinski definition) is 1. The van der Waals surface area contributed by atoms with Crippen LogP contribution in [-0.4, -0.2) is 36.5 Å². The van der Waals surface area contributed by atoms with E-state index in [0.717, 1.165) is 11.1 Å². The molecule has 0 saturated heterocycles. The van der Waals surface area contributed by atoms with E-state index in [2.05, 4.69) is 15.1 Å². The van der Waals surface area contributed by atoms with Crippen molar-refractivity contribution in [2.75, 3.05) is 6.54 Å². The van der Waals surface area contributed by atoms with Gasteiger partial charge >= 0.3 is 0 Å². The molecular weight excluding hydrogens is 368 g/mol. The Balaban J connectivity index is 1.75. The third kappa shape index (κ3) is 3.74. The number of aromatic nitrogens is 4. The van der Waals surface area contributed by atoms with Crippen LogP contribution in [0.25, 0.3) is 16.7 Å². The van der Waals surface area contributed by atoms with Gasteiger partial charge in [-0.1, -0.05) is 42.5 Å². The lowest BCUT2D eigenvalue weighted by Crippen LogP contribution is -2.29. The largest absolute Gasteiger partial charge is 0.370 e. The summed E-state index contributed by atoms with van der Waals surface area (Å²) in [6.45, 7) is 1.61. The van der Waals surface area contributed by atoms with Crippen molar-refractivity contribution in [3.05, 3.63) is 76.3 Å². The standard InChI is InChI=1S/C21H22N6O2/c1-25-20(29)16-9-5-6-10-17(16)27-19(23-24-21(25)27)14-26(12-11-18(22)28)13-15-7-3-2-4-8-15/h2-10H,11-14H2,1H3,(H2,22,28). The van der Waals surface area contributed by atoms with E-state index in [1.54, 1.807) is 13.1 Å². The highest BCUT2D eigenvalue weighted by Gasteiger charge is 2.17. The van der Waals surface area contributed by atoms with Gasteiger partial charge in [-0.15, -0.1) is 10.2 Å². The molecule has 8 heteroatoms. The topological polar surface area (TPSA) is 98.5 Å². The number of rotatable bonds is 7. The van der Waals surface area contributed by atoms with Crippen molar-refractivity contribution in [1.29, 1.82) is 0 Å². The number of amides is 1. The summed E-state index contributed by atoms with van der Waals surface area (Å²) in [6, 6.07) is 17.4. The number of primary amides is 1. The second kappa shape index (κ2) is 7.84. The molecule has 0 aliphatic rings. The Labute approximate surface area is 167 Å². The summed E-state index contributed by atoms with van der Waals surface area (Å²) in [5.41, 5.74) is 7.15. The molecule has 0 unspecified atom stereocenters. The third-order valence-corrected chi connectivity index (χ3v) is 4.98. The lowest BCUT2D eigenvalue weighted by Gasteiger charge is -2.21. The summed E-state index contributed by atoms with van der Waals surface area (Å²) in [5, 5.41) is 9.20. The second-order valence-corrected chi connectivity index (χ2v) is 7.05. The summed E-state index contributed by atoms with van der Waals surface area (Å²) in [7, 11) is 1.69. The van der Waals surface area contributed by atoms with Gasteiger partial charge in [-0.2, -0.15) is 0 Å². The highest BCUT2D eigenvalue weighted by molar-refractivity contribution is 5.80. The Bertz CT molecular complexity index is 1230. The smallest absolute Gasteiger partial charge is 0.262 e. The zero-order valence-corrected chi connectivity index (χ0v) is 16.2. The molecule has 1 amide bonds. The number of nitrogens with two attached hydrogens (primary N) is 1. The van der Waals surface area contributed by atoms with E-state index in [-0.39, 0.29) is 17.9 Å². The molecule has 2 N–H and O–H groups in total. The van der Waals surface area contributed by atoms with E-state index in [9.17, 15) is 9.59 Å². The highest BCUT2D eigenvalue weighted by Crippen LogP contribution is 2.16. The molecule has 8 nitrogen and oxygen atoms in total. The van der Waals surface area contributed by atoms with Crippen LogP contribution in [0, 0.1) is 0 Å². The zero-order valence-electron chi connectivity index (χ0n) is 16.2. The van der Waals surface area contributed by atoms with Gasteiger partial charge in [0.05, 0.1) is 17.4 Å². The van der Waals surface area contributed by atoms with Gasteiger partial charge in [-0.25, -0.2) is 0 Å². The molecule has 2 aromatic carbocycles. The second-order valence-electron chi connectivity index (χ2n) is 7.05. The van der Waals surface area contributed by atoms with Gasteiger partial charge in [-0.05, 0) is 17.7 Å². The van der Waals surface area contributed by atoms with Crippen LogP contribution in [0.1, 0.15) is 17.8 Å². The minimum atomic E-state index is -0.345. The van der Waals surface area contributed by atoms with Crippen molar-refractivity contribution in [2.24, 2.45) is 12.8 Å². The molecule has 2 heterocycles. The van der Waals surface area contributed by atoms with Crippen LogP contribution >= 0.6 is 0 Å². The molecule has 29 heavy (non-hydrogen) atoms. The molecule has 0 aliphatic carbocycles. The van der Waals surface area contributed by atoms with E-state index in [1.165, 1.54) is 4.57 Å². The Morgan fingerprint density at radius 2 is 1.76 bits per heavy atom. The third-order valence-electron chi connectivity index (χ3n) is 4.98. The molecule has 0 spiro atoms. The van der Waals surface area contributed by atoms with Crippen LogP contribution < -0.4 is 11.3 Å². The fraction of sp³-hybridized carbons (Fsp3) is 0.238. The summed E-state index contributed by atoms with van der Waals surface area (Å²) < 4.78 is 3.41. The van der Waals surface area contributed by atoms with Crippen molar-refractivity contribution in [1.82, 2.24) is 24.1 Å². The van der Waals surface area contributed by atoms with E-state index < -0.39 is 0 Å². The van der Waals surface area contributed by atoms with Gasteiger partial charge in [0.2, 0.25) is 11.7 Å². The Morgan fingerprint density at radius 1 is 1.03 bits per heavy atom. The molecular formula is C21H22N6O2. The highest BCUT2D eigenvalue weighted by atomic mass is 16.1. The number of hydrogen-bond acceptors (Lipinski definition) is 5. The average Bonchev–Trinajstić information content (AvgIpc) is 3.15. The number of benzene rings is 2. The molecule has 4 rings (SSSR count). The van der Waals surface area contributed by atoms with Crippen molar-refractivity contribution in [2.45, 2.75) is 19.5 Å². The number of fused-ring (bicyclic) bond motifs is 3. The van der Waals surface area contributed by atoms with Crippen LogP contribution in [-0.2, 0) is 24.9 Å². The number of nitrogens with zero attached hydrogens (tertiary/aromatic N) is 5. The maximum atomic E-state index is 12.6. The molecule has 0 aliphatic heterocycles. The van der Waals surface area contributed by atoms with Gasteiger partial charge in [0.15, 0.2) is 5.82 Å².